The zero-order chi connectivity index (χ0) is 13.4. The third-order valence-electron chi connectivity index (χ3n) is 2.89. The fourth-order valence-corrected chi connectivity index (χ4v) is 1.95. The average Bonchev–Trinajstić information content (AvgIpc) is 2.37. The van der Waals surface area contributed by atoms with E-state index >= 15 is 0 Å². The minimum atomic E-state index is 0.489. The fraction of sp³-hybridized carbons (Fsp3) is 0.500. The molecule has 1 aromatic carbocycles. The molecule has 0 heterocycles. The fourth-order valence-electron chi connectivity index (χ4n) is 1.57. The molecule has 0 unspecified atom stereocenters. The second-order valence-electron chi connectivity index (χ2n) is 4.78. The molecular formula is C16H23ClO. The number of halogens is 1. The molecule has 0 N–H and O–H groups in total. The highest BCUT2D eigenvalue weighted by molar-refractivity contribution is 6.19. The van der Waals surface area contributed by atoms with Gasteiger partial charge in [0.1, 0.15) is 5.75 Å². The molecule has 0 amide bonds. The highest BCUT2D eigenvalue weighted by Gasteiger charge is 2.02. The largest absolute Gasteiger partial charge is 0.494 e. The van der Waals surface area contributed by atoms with Crippen LogP contribution in [0.2, 0.25) is 0 Å². The van der Waals surface area contributed by atoms with Crippen LogP contribution < -0.4 is 4.74 Å². The second-order valence-corrected chi connectivity index (χ2v) is 5.05. The molecule has 1 aromatic rings. The Bertz CT molecular complexity index is 365. The quantitative estimate of drug-likeness (QED) is 0.490. The summed E-state index contributed by atoms with van der Waals surface area (Å²) < 4.78 is 5.63. The summed E-state index contributed by atoms with van der Waals surface area (Å²) in [5.74, 6) is 2.02. The number of hydrogen-bond acceptors (Lipinski definition) is 1. The topological polar surface area (TPSA) is 9.23 Å². The van der Waals surface area contributed by atoms with E-state index in [0.29, 0.717) is 11.8 Å². The van der Waals surface area contributed by atoms with E-state index in [1.807, 2.05) is 12.1 Å². The van der Waals surface area contributed by atoms with Crippen molar-refractivity contribution in [2.45, 2.75) is 33.6 Å². The van der Waals surface area contributed by atoms with Crippen molar-refractivity contribution in [1.82, 2.24) is 0 Å². The summed E-state index contributed by atoms with van der Waals surface area (Å²) >= 11 is 5.94. The molecule has 100 valence electrons. The van der Waals surface area contributed by atoms with Gasteiger partial charge in [0.2, 0.25) is 0 Å². The molecular weight excluding hydrogens is 244 g/mol. The number of unbranched alkanes of at least 4 members (excludes halogenated alkanes) is 1. The molecule has 2 heteroatoms. The van der Waals surface area contributed by atoms with E-state index < -0.39 is 0 Å². The molecule has 0 spiro atoms. The van der Waals surface area contributed by atoms with Gasteiger partial charge in [0, 0.05) is 5.88 Å². The first-order valence-electron chi connectivity index (χ1n) is 6.66. The van der Waals surface area contributed by atoms with Gasteiger partial charge in [0.15, 0.2) is 0 Å². The van der Waals surface area contributed by atoms with E-state index in [1.165, 1.54) is 11.1 Å². The van der Waals surface area contributed by atoms with Crippen molar-refractivity contribution >= 4 is 17.7 Å². The van der Waals surface area contributed by atoms with Crippen molar-refractivity contribution in [3.05, 3.63) is 35.4 Å². The van der Waals surface area contributed by atoms with Crippen LogP contribution >= 0.6 is 11.6 Å². The normalized spacial score (nSPS) is 11.9. The summed E-state index contributed by atoms with van der Waals surface area (Å²) in [6.07, 6.45) is 4.42. The Labute approximate surface area is 116 Å². The lowest BCUT2D eigenvalue weighted by molar-refractivity contribution is 0.309. The van der Waals surface area contributed by atoms with Gasteiger partial charge in [-0.25, -0.2) is 0 Å². The van der Waals surface area contributed by atoms with E-state index in [9.17, 15) is 0 Å². The molecule has 0 aliphatic carbocycles. The summed E-state index contributed by atoms with van der Waals surface area (Å²) in [5, 5.41) is 0. The van der Waals surface area contributed by atoms with Gasteiger partial charge in [-0.15, -0.1) is 11.6 Å². The van der Waals surface area contributed by atoms with Crippen LogP contribution in [0, 0.1) is 5.92 Å². The number of alkyl halides is 1. The van der Waals surface area contributed by atoms with Gasteiger partial charge < -0.3 is 4.74 Å². The van der Waals surface area contributed by atoms with E-state index in [-0.39, 0.29) is 0 Å². The first kappa shape index (κ1) is 15.1. The van der Waals surface area contributed by atoms with E-state index in [2.05, 4.69) is 39.0 Å². The lowest BCUT2D eigenvalue weighted by atomic mass is 10.0. The van der Waals surface area contributed by atoms with Crippen LogP contribution in [0.4, 0.5) is 0 Å². The summed E-state index contributed by atoms with van der Waals surface area (Å²) in [6, 6.07) is 8.20. The lowest BCUT2D eigenvalue weighted by Gasteiger charge is -2.08. The van der Waals surface area contributed by atoms with E-state index in [0.717, 1.165) is 25.2 Å². The zero-order valence-corrected chi connectivity index (χ0v) is 12.3. The van der Waals surface area contributed by atoms with Crippen molar-refractivity contribution in [2.24, 2.45) is 5.92 Å². The number of allylic oxidation sites excluding steroid dienone is 1. The Kier molecular flexibility index (Phi) is 6.89. The van der Waals surface area contributed by atoms with Gasteiger partial charge in [-0.05, 0) is 30.0 Å². The molecule has 0 aliphatic rings. The van der Waals surface area contributed by atoms with Crippen molar-refractivity contribution in [1.29, 1.82) is 0 Å². The molecule has 0 aliphatic heterocycles. The highest BCUT2D eigenvalue weighted by atomic mass is 35.5. The average molecular weight is 267 g/mol. The predicted octanol–water partition coefficient (Wildman–Crippen LogP) is 5.14. The zero-order valence-electron chi connectivity index (χ0n) is 11.6. The maximum atomic E-state index is 5.94. The van der Waals surface area contributed by atoms with E-state index in [1.54, 1.807) is 0 Å². The number of ether oxygens (including phenoxy) is 1. The van der Waals surface area contributed by atoms with Crippen LogP contribution in [0.15, 0.2) is 29.8 Å². The summed E-state index contributed by atoms with van der Waals surface area (Å²) in [7, 11) is 0. The Balaban J connectivity index is 2.64. The second kappa shape index (κ2) is 8.20. The number of benzene rings is 1. The summed E-state index contributed by atoms with van der Waals surface area (Å²) in [4.78, 5) is 0. The van der Waals surface area contributed by atoms with Gasteiger partial charge in [0.05, 0.1) is 6.61 Å². The van der Waals surface area contributed by atoms with Crippen molar-refractivity contribution < 1.29 is 4.74 Å². The first-order chi connectivity index (χ1) is 8.67. The van der Waals surface area contributed by atoms with E-state index in [4.69, 9.17) is 16.3 Å². The van der Waals surface area contributed by atoms with Crippen molar-refractivity contribution in [3.8, 4) is 5.75 Å². The lowest BCUT2D eigenvalue weighted by Crippen LogP contribution is -1.97. The Morgan fingerprint density at radius 2 is 1.94 bits per heavy atom. The van der Waals surface area contributed by atoms with Crippen LogP contribution in [0.25, 0.3) is 6.08 Å². The maximum absolute atomic E-state index is 5.94. The van der Waals surface area contributed by atoms with Gasteiger partial charge in [-0.3, -0.25) is 0 Å². The number of hydrogen-bond donors (Lipinski definition) is 0. The molecule has 0 bridgehead atoms. The molecule has 0 saturated heterocycles. The van der Waals surface area contributed by atoms with Gasteiger partial charge in [-0.2, -0.15) is 0 Å². The minimum absolute atomic E-state index is 0.489. The summed E-state index contributed by atoms with van der Waals surface area (Å²) in [5.41, 5.74) is 2.44. The molecule has 18 heavy (non-hydrogen) atoms. The molecule has 0 saturated carbocycles. The van der Waals surface area contributed by atoms with Gasteiger partial charge in [-0.1, -0.05) is 51.0 Å². The van der Waals surface area contributed by atoms with Crippen LogP contribution in [-0.4, -0.2) is 12.5 Å². The Morgan fingerprint density at radius 1 is 1.28 bits per heavy atom. The molecule has 0 radical (unpaired) electrons. The molecule has 0 atom stereocenters. The van der Waals surface area contributed by atoms with Crippen LogP contribution in [0.5, 0.6) is 5.75 Å². The molecule has 1 rings (SSSR count). The summed E-state index contributed by atoms with van der Waals surface area (Å²) in [6.45, 7) is 7.29. The third-order valence-corrected chi connectivity index (χ3v) is 3.20. The highest BCUT2D eigenvalue weighted by Crippen LogP contribution is 2.19. The first-order valence-corrected chi connectivity index (χ1v) is 7.20. The SMILES string of the molecule is CCCCOc1ccc(C=C(CCl)C(C)C)cc1. The Hall–Kier alpha value is -0.950. The maximum Gasteiger partial charge on any atom is 0.119 e. The minimum Gasteiger partial charge on any atom is -0.494 e. The standard InChI is InChI=1S/C16H23ClO/c1-4-5-10-18-16-8-6-14(7-9-16)11-15(12-17)13(2)3/h6-9,11,13H,4-5,10,12H2,1-3H3. The van der Waals surface area contributed by atoms with Gasteiger partial charge in [0.25, 0.3) is 0 Å². The molecule has 0 fully saturated rings. The predicted molar refractivity (Wildman–Crippen MR) is 80.4 cm³/mol. The third kappa shape index (κ3) is 5.14. The van der Waals surface area contributed by atoms with Crippen molar-refractivity contribution in [2.75, 3.05) is 12.5 Å². The monoisotopic (exact) mass is 266 g/mol. The van der Waals surface area contributed by atoms with Gasteiger partial charge >= 0.3 is 0 Å². The Morgan fingerprint density at radius 3 is 2.44 bits per heavy atom. The van der Waals surface area contributed by atoms with Crippen molar-refractivity contribution in [3.63, 3.8) is 0 Å². The van der Waals surface area contributed by atoms with Crippen LogP contribution in [0.3, 0.4) is 0 Å². The van der Waals surface area contributed by atoms with Crippen LogP contribution in [-0.2, 0) is 0 Å². The number of rotatable bonds is 7. The van der Waals surface area contributed by atoms with Crippen LogP contribution in [0.1, 0.15) is 39.2 Å². The molecule has 0 aromatic heterocycles. The smallest absolute Gasteiger partial charge is 0.119 e. The molecule has 1 nitrogen and oxygen atoms in total.